The van der Waals surface area contributed by atoms with Crippen molar-refractivity contribution in [2.24, 2.45) is 5.73 Å². The molecule has 0 saturated heterocycles. The van der Waals surface area contributed by atoms with Crippen LogP contribution in [0.2, 0.25) is 0 Å². The lowest BCUT2D eigenvalue weighted by molar-refractivity contribution is -0.116. The number of nitrogens with two attached hydrogens (primary N) is 1. The highest BCUT2D eigenvalue weighted by atomic mass is 32.2. The Morgan fingerprint density at radius 1 is 1.23 bits per heavy atom. The fourth-order valence-corrected chi connectivity index (χ4v) is 3.18. The van der Waals surface area contributed by atoms with Crippen molar-refractivity contribution in [3.8, 4) is 5.75 Å². The number of nitrogens with zero attached hydrogens (tertiary/aromatic N) is 2. The predicted molar refractivity (Wildman–Crippen MR) is 107 cm³/mol. The number of carbonyl (C=O) groups excluding carboxylic acids is 1. The van der Waals surface area contributed by atoms with Crippen LogP contribution in [-0.4, -0.2) is 34.9 Å². The van der Waals surface area contributed by atoms with E-state index in [9.17, 15) is 4.79 Å². The zero-order valence-corrected chi connectivity index (χ0v) is 15.5. The number of benzene rings is 2. The molecule has 1 heterocycles. The van der Waals surface area contributed by atoms with E-state index in [1.807, 2.05) is 59.4 Å². The van der Waals surface area contributed by atoms with Gasteiger partial charge in [0.15, 0.2) is 0 Å². The number of amides is 1. The Hall–Kier alpha value is -2.51. The first-order chi connectivity index (χ1) is 12.7. The van der Waals surface area contributed by atoms with Gasteiger partial charge in [0.05, 0.1) is 16.8 Å². The SMILES string of the molecule is CSCc1nc2ccccc2n1CC(=O)Nc1ccc(OCCN)cc1. The lowest BCUT2D eigenvalue weighted by Gasteiger charge is -2.10. The molecule has 0 fully saturated rings. The summed E-state index contributed by atoms with van der Waals surface area (Å²) in [6.45, 7) is 1.16. The Morgan fingerprint density at radius 2 is 2.00 bits per heavy atom. The molecule has 7 heteroatoms. The summed E-state index contributed by atoms with van der Waals surface area (Å²) in [6.07, 6.45) is 2.03. The van der Waals surface area contributed by atoms with E-state index in [2.05, 4.69) is 10.3 Å². The molecule has 3 aromatic rings. The highest BCUT2D eigenvalue weighted by Crippen LogP contribution is 2.20. The van der Waals surface area contributed by atoms with Gasteiger partial charge in [-0.3, -0.25) is 4.79 Å². The number of rotatable bonds is 8. The first kappa shape index (κ1) is 18.3. The lowest BCUT2D eigenvalue weighted by atomic mass is 10.3. The van der Waals surface area contributed by atoms with Gasteiger partial charge in [0, 0.05) is 12.2 Å². The second-order valence-corrected chi connectivity index (χ2v) is 6.61. The molecule has 0 aliphatic heterocycles. The van der Waals surface area contributed by atoms with Crippen LogP contribution in [0.1, 0.15) is 5.82 Å². The molecule has 0 aliphatic carbocycles. The van der Waals surface area contributed by atoms with Crippen molar-refractivity contribution in [3.63, 3.8) is 0 Å². The van der Waals surface area contributed by atoms with Crippen LogP contribution in [0.25, 0.3) is 11.0 Å². The molecular formula is C19H22N4O2S. The Kier molecular flexibility index (Phi) is 6.14. The summed E-state index contributed by atoms with van der Waals surface area (Å²) in [5.74, 6) is 2.30. The highest BCUT2D eigenvalue weighted by molar-refractivity contribution is 7.97. The lowest BCUT2D eigenvalue weighted by Crippen LogP contribution is -2.20. The van der Waals surface area contributed by atoms with Crippen molar-refractivity contribution in [3.05, 3.63) is 54.4 Å². The van der Waals surface area contributed by atoms with Gasteiger partial charge in [0.1, 0.15) is 24.7 Å². The minimum atomic E-state index is -0.0915. The fourth-order valence-electron chi connectivity index (χ4n) is 2.70. The molecule has 0 spiro atoms. The number of carbonyl (C=O) groups is 1. The summed E-state index contributed by atoms with van der Waals surface area (Å²) in [4.78, 5) is 17.2. The molecule has 0 unspecified atom stereocenters. The van der Waals surface area contributed by atoms with Crippen LogP contribution < -0.4 is 15.8 Å². The van der Waals surface area contributed by atoms with Gasteiger partial charge in [-0.25, -0.2) is 4.98 Å². The number of ether oxygens (including phenoxy) is 1. The van der Waals surface area contributed by atoms with Crippen molar-refractivity contribution < 1.29 is 9.53 Å². The maximum atomic E-state index is 12.5. The van der Waals surface area contributed by atoms with Gasteiger partial charge in [-0.05, 0) is 42.7 Å². The Morgan fingerprint density at radius 3 is 2.73 bits per heavy atom. The molecule has 0 radical (unpaired) electrons. The first-order valence-electron chi connectivity index (χ1n) is 8.37. The van der Waals surface area contributed by atoms with Gasteiger partial charge in [-0.1, -0.05) is 12.1 Å². The van der Waals surface area contributed by atoms with Crippen LogP contribution in [0.15, 0.2) is 48.5 Å². The molecule has 3 rings (SSSR count). The molecule has 1 aromatic heterocycles. The molecule has 3 N–H and O–H groups in total. The minimum Gasteiger partial charge on any atom is -0.492 e. The van der Waals surface area contributed by atoms with E-state index in [4.69, 9.17) is 10.5 Å². The van der Waals surface area contributed by atoms with E-state index in [0.717, 1.165) is 34.0 Å². The van der Waals surface area contributed by atoms with Crippen LogP contribution in [-0.2, 0) is 17.1 Å². The molecule has 0 bridgehead atoms. The molecule has 2 aromatic carbocycles. The van der Waals surface area contributed by atoms with Crippen molar-refractivity contribution in [2.75, 3.05) is 24.7 Å². The predicted octanol–water partition coefficient (Wildman–Crippen LogP) is 2.88. The minimum absolute atomic E-state index is 0.0915. The summed E-state index contributed by atoms with van der Waals surface area (Å²) in [6, 6.07) is 15.1. The maximum absolute atomic E-state index is 12.5. The van der Waals surface area contributed by atoms with Gasteiger partial charge < -0.3 is 20.4 Å². The molecule has 6 nitrogen and oxygen atoms in total. The van der Waals surface area contributed by atoms with Crippen LogP contribution in [0, 0.1) is 0 Å². The average molecular weight is 370 g/mol. The number of thioether (sulfide) groups is 1. The summed E-state index contributed by atoms with van der Waals surface area (Å²) in [5.41, 5.74) is 8.02. The Bertz CT molecular complexity index is 877. The molecule has 136 valence electrons. The Labute approximate surface area is 156 Å². The smallest absolute Gasteiger partial charge is 0.244 e. The quantitative estimate of drug-likeness (QED) is 0.637. The fraction of sp³-hybridized carbons (Fsp3) is 0.263. The number of para-hydroxylation sites is 2. The standard InChI is InChI=1S/C19H22N4O2S/c1-26-13-18-22-16-4-2-3-5-17(16)23(18)12-19(24)21-14-6-8-15(9-7-14)25-11-10-20/h2-9H,10-13,20H2,1H3,(H,21,24). The monoisotopic (exact) mass is 370 g/mol. The van der Waals surface area contributed by atoms with Crippen molar-refractivity contribution in [1.82, 2.24) is 9.55 Å². The van der Waals surface area contributed by atoms with Gasteiger partial charge in [0.25, 0.3) is 0 Å². The zero-order chi connectivity index (χ0) is 18.4. The van der Waals surface area contributed by atoms with E-state index in [1.165, 1.54) is 0 Å². The molecule has 26 heavy (non-hydrogen) atoms. The van der Waals surface area contributed by atoms with Gasteiger partial charge >= 0.3 is 0 Å². The van der Waals surface area contributed by atoms with Crippen molar-refractivity contribution in [1.29, 1.82) is 0 Å². The molecule has 0 atom stereocenters. The Balaban J connectivity index is 1.71. The second kappa shape index (κ2) is 8.73. The third-order valence-corrected chi connectivity index (χ3v) is 4.38. The van der Waals surface area contributed by atoms with E-state index in [1.54, 1.807) is 11.8 Å². The average Bonchev–Trinajstić information content (AvgIpc) is 2.99. The number of aromatic nitrogens is 2. The van der Waals surface area contributed by atoms with Gasteiger partial charge in [-0.15, -0.1) is 0 Å². The molecule has 1 amide bonds. The molecule has 0 aliphatic rings. The van der Waals surface area contributed by atoms with Crippen molar-refractivity contribution >= 4 is 34.4 Å². The van der Waals surface area contributed by atoms with E-state index in [0.29, 0.717) is 13.2 Å². The number of anilines is 1. The van der Waals surface area contributed by atoms with Crippen LogP contribution in [0.3, 0.4) is 0 Å². The van der Waals surface area contributed by atoms with E-state index >= 15 is 0 Å². The number of hydrogen-bond donors (Lipinski definition) is 2. The number of imidazole rings is 1. The van der Waals surface area contributed by atoms with E-state index in [-0.39, 0.29) is 12.5 Å². The molecule has 0 saturated carbocycles. The van der Waals surface area contributed by atoms with Crippen molar-refractivity contribution in [2.45, 2.75) is 12.3 Å². The van der Waals surface area contributed by atoms with Crippen LogP contribution in [0.5, 0.6) is 5.75 Å². The maximum Gasteiger partial charge on any atom is 0.244 e. The number of fused-ring (bicyclic) bond motifs is 1. The first-order valence-corrected chi connectivity index (χ1v) is 9.76. The largest absolute Gasteiger partial charge is 0.492 e. The normalized spacial score (nSPS) is 10.8. The van der Waals surface area contributed by atoms with Gasteiger partial charge in [0.2, 0.25) is 5.91 Å². The zero-order valence-electron chi connectivity index (χ0n) is 14.6. The highest BCUT2D eigenvalue weighted by Gasteiger charge is 2.13. The third-order valence-electron chi connectivity index (χ3n) is 3.83. The van der Waals surface area contributed by atoms with E-state index < -0.39 is 0 Å². The summed E-state index contributed by atoms with van der Waals surface area (Å²) in [5, 5.41) is 2.92. The topological polar surface area (TPSA) is 82.2 Å². The van der Waals surface area contributed by atoms with Gasteiger partial charge in [-0.2, -0.15) is 11.8 Å². The number of nitrogens with one attached hydrogen (secondary N) is 1. The molecular weight excluding hydrogens is 348 g/mol. The summed E-state index contributed by atoms with van der Waals surface area (Å²) >= 11 is 1.69. The number of hydrogen-bond acceptors (Lipinski definition) is 5. The van der Waals surface area contributed by atoms with Crippen LogP contribution in [0.4, 0.5) is 5.69 Å². The van der Waals surface area contributed by atoms with Crippen LogP contribution >= 0.6 is 11.8 Å². The second-order valence-electron chi connectivity index (χ2n) is 5.75. The summed E-state index contributed by atoms with van der Waals surface area (Å²) in [7, 11) is 0. The third kappa shape index (κ3) is 4.36. The summed E-state index contributed by atoms with van der Waals surface area (Å²) < 4.78 is 7.41.